The number of ether oxygens (including phenoxy) is 1. The minimum atomic E-state index is -0.165. The van der Waals surface area contributed by atoms with Crippen LogP contribution in [0.25, 0.3) is 11.5 Å². The number of benzene rings is 1. The molecule has 0 unspecified atom stereocenters. The molecule has 5 heteroatoms. The van der Waals surface area contributed by atoms with Gasteiger partial charge in [-0.1, -0.05) is 30.3 Å². The normalized spacial score (nSPS) is 12.4. The summed E-state index contributed by atoms with van der Waals surface area (Å²) in [6.45, 7) is -0.165. The van der Waals surface area contributed by atoms with Crippen molar-refractivity contribution in [3.05, 3.63) is 71.0 Å². The van der Waals surface area contributed by atoms with E-state index < -0.39 is 0 Å². The Balaban J connectivity index is 1.69. The van der Waals surface area contributed by atoms with Gasteiger partial charge in [0.1, 0.15) is 17.3 Å². The van der Waals surface area contributed by atoms with E-state index in [2.05, 4.69) is 11.1 Å². The lowest BCUT2D eigenvalue weighted by Gasteiger charge is -2.13. The van der Waals surface area contributed by atoms with E-state index in [0.29, 0.717) is 22.6 Å². The van der Waals surface area contributed by atoms with Gasteiger partial charge in [-0.15, -0.1) is 0 Å². The van der Waals surface area contributed by atoms with Gasteiger partial charge in [-0.2, -0.15) is 5.26 Å². The number of Topliss-reactive ketones (excluding diaryl/α,β-unsaturated/α-hetero) is 1. The molecule has 4 rings (SSSR count). The van der Waals surface area contributed by atoms with E-state index in [0.717, 1.165) is 30.4 Å². The van der Waals surface area contributed by atoms with Gasteiger partial charge in [0, 0.05) is 5.56 Å². The van der Waals surface area contributed by atoms with Crippen molar-refractivity contribution in [1.82, 2.24) is 4.98 Å². The average Bonchev–Trinajstić information content (AvgIpc) is 3.37. The molecule has 0 N–H and O–H groups in total. The number of nitrogens with zero attached hydrogens (tertiary/aromatic N) is 2. The summed E-state index contributed by atoms with van der Waals surface area (Å²) in [5, 5.41) is 9.61. The standard InChI is InChI=1S/C21H16N2O3/c22-12-17-15-8-4-9-16(15)20(19-10-5-11-25-19)23-21(17)26-13-18(24)14-6-2-1-3-7-14/h1-3,5-7,10-11H,4,8-9,13H2. The number of carbonyl (C=O) groups is 1. The Morgan fingerprint density at radius 2 is 1.96 bits per heavy atom. The smallest absolute Gasteiger partial charge is 0.233 e. The molecule has 2 aromatic heterocycles. The molecule has 128 valence electrons. The largest absolute Gasteiger partial charge is 0.468 e. The topological polar surface area (TPSA) is 76.1 Å². The van der Waals surface area contributed by atoms with Gasteiger partial charge in [-0.3, -0.25) is 4.79 Å². The lowest BCUT2D eigenvalue weighted by Crippen LogP contribution is -2.14. The van der Waals surface area contributed by atoms with Crippen molar-refractivity contribution >= 4 is 5.78 Å². The fourth-order valence-corrected chi connectivity index (χ4v) is 3.31. The van der Waals surface area contributed by atoms with Crippen molar-refractivity contribution in [2.45, 2.75) is 19.3 Å². The van der Waals surface area contributed by atoms with E-state index in [-0.39, 0.29) is 18.3 Å². The lowest BCUT2D eigenvalue weighted by atomic mass is 10.0. The van der Waals surface area contributed by atoms with Gasteiger partial charge in [0.05, 0.1) is 6.26 Å². The second-order valence-electron chi connectivity index (χ2n) is 6.12. The Morgan fingerprint density at radius 3 is 2.69 bits per heavy atom. The van der Waals surface area contributed by atoms with Crippen molar-refractivity contribution in [1.29, 1.82) is 5.26 Å². The number of fused-ring (bicyclic) bond motifs is 1. The van der Waals surface area contributed by atoms with Gasteiger partial charge >= 0.3 is 0 Å². The summed E-state index contributed by atoms with van der Waals surface area (Å²) in [6.07, 6.45) is 4.22. The maximum atomic E-state index is 12.3. The number of aromatic nitrogens is 1. The number of hydrogen-bond acceptors (Lipinski definition) is 5. The molecule has 1 aliphatic carbocycles. The van der Waals surface area contributed by atoms with Crippen LogP contribution in [0.5, 0.6) is 5.88 Å². The molecule has 1 aromatic carbocycles. The van der Waals surface area contributed by atoms with Crippen LogP contribution in [0.2, 0.25) is 0 Å². The SMILES string of the molecule is N#Cc1c(OCC(=O)c2ccccc2)nc(-c2ccco2)c2c1CCC2. The van der Waals surface area contributed by atoms with Gasteiger partial charge in [0.25, 0.3) is 0 Å². The number of rotatable bonds is 5. The first kappa shape index (κ1) is 16.1. The van der Waals surface area contributed by atoms with Crippen LogP contribution in [0.1, 0.15) is 33.5 Å². The third-order valence-corrected chi connectivity index (χ3v) is 4.53. The van der Waals surface area contributed by atoms with Gasteiger partial charge in [-0.05, 0) is 42.5 Å². The minimum absolute atomic E-state index is 0.156. The van der Waals surface area contributed by atoms with Crippen LogP contribution in [-0.4, -0.2) is 17.4 Å². The first-order valence-corrected chi connectivity index (χ1v) is 8.48. The van der Waals surface area contributed by atoms with Gasteiger partial charge < -0.3 is 9.15 Å². The zero-order valence-electron chi connectivity index (χ0n) is 14.1. The fourth-order valence-electron chi connectivity index (χ4n) is 3.31. The molecule has 0 saturated carbocycles. The highest BCUT2D eigenvalue weighted by Crippen LogP contribution is 2.37. The molecule has 0 spiro atoms. The summed E-state index contributed by atoms with van der Waals surface area (Å²) in [5.41, 5.74) is 3.69. The van der Waals surface area contributed by atoms with Crippen molar-refractivity contribution in [3.8, 4) is 23.4 Å². The van der Waals surface area contributed by atoms with Crippen LogP contribution in [0.15, 0.2) is 53.1 Å². The molecular formula is C21H16N2O3. The first-order valence-electron chi connectivity index (χ1n) is 8.48. The Hall–Kier alpha value is -3.39. The summed E-state index contributed by atoms with van der Waals surface area (Å²) in [4.78, 5) is 16.8. The number of pyridine rings is 1. The third kappa shape index (κ3) is 2.86. The van der Waals surface area contributed by atoms with E-state index in [4.69, 9.17) is 9.15 Å². The molecular weight excluding hydrogens is 328 g/mol. The molecule has 0 bridgehead atoms. The fraction of sp³-hybridized carbons (Fsp3) is 0.190. The molecule has 5 nitrogen and oxygen atoms in total. The summed E-state index contributed by atoms with van der Waals surface area (Å²) in [7, 11) is 0. The Bertz CT molecular complexity index is 986. The van der Waals surface area contributed by atoms with E-state index in [1.54, 1.807) is 36.6 Å². The quantitative estimate of drug-likeness (QED) is 0.655. The van der Waals surface area contributed by atoms with Crippen molar-refractivity contribution in [2.75, 3.05) is 6.61 Å². The Morgan fingerprint density at radius 1 is 1.15 bits per heavy atom. The van der Waals surface area contributed by atoms with E-state index in [1.807, 2.05) is 12.1 Å². The lowest BCUT2D eigenvalue weighted by molar-refractivity contribution is 0.0918. The molecule has 0 radical (unpaired) electrons. The molecule has 0 fully saturated rings. The molecule has 26 heavy (non-hydrogen) atoms. The van der Waals surface area contributed by atoms with Crippen molar-refractivity contribution in [3.63, 3.8) is 0 Å². The van der Waals surface area contributed by atoms with Gasteiger partial charge in [-0.25, -0.2) is 4.98 Å². The van der Waals surface area contributed by atoms with E-state index in [9.17, 15) is 10.1 Å². The summed E-state index contributed by atoms with van der Waals surface area (Å²) in [5.74, 6) is 0.687. The number of furan rings is 1. The van der Waals surface area contributed by atoms with E-state index >= 15 is 0 Å². The highest BCUT2D eigenvalue weighted by atomic mass is 16.5. The van der Waals surface area contributed by atoms with Crippen LogP contribution in [0.3, 0.4) is 0 Å². The van der Waals surface area contributed by atoms with Crippen LogP contribution in [0.4, 0.5) is 0 Å². The van der Waals surface area contributed by atoms with Crippen molar-refractivity contribution in [2.24, 2.45) is 0 Å². The summed E-state index contributed by atoms with van der Waals surface area (Å²) < 4.78 is 11.2. The minimum Gasteiger partial charge on any atom is -0.468 e. The molecule has 2 heterocycles. The van der Waals surface area contributed by atoms with Crippen LogP contribution >= 0.6 is 0 Å². The maximum Gasteiger partial charge on any atom is 0.233 e. The van der Waals surface area contributed by atoms with Gasteiger partial charge in [0.15, 0.2) is 18.2 Å². The highest BCUT2D eigenvalue weighted by Gasteiger charge is 2.26. The van der Waals surface area contributed by atoms with Gasteiger partial charge in [0.2, 0.25) is 5.88 Å². The zero-order chi connectivity index (χ0) is 17.9. The Kier molecular flexibility index (Phi) is 4.24. The molecule has 0 atom stereocenters. The molecule has 0 aliphatic heterocycles. The number of ketones is 1. The number of nitriles is 1. The first-order chi connectivity index (χ1) is 12.8. The number of carbonyl (C=O) groups excluding carboxylic acids is 1. The summed E-state index contributed by atoms with van der Waals surface area (Å²) in [6, 6.07) is 14.8. The molecule has 0 amide bonds. The Labute approximate surface area is 150 Å². The average molecular weight is 344 g/mol. The van der Waals surface area contributed by atoms with Crippen LogP contribution in [-0.2, 0) is 12.8 Å². The maximum absolute atomic E-state index is 12.3. The monoisotopic (exact) mass is 344 g/mol. The highest BCUT2D eigenvalue weighted by molar-refractivity contribution is 5.97. The molecule has 1 aliphatic rings. The second kappa shape index (κ2) is 6.85. The van der Waals surface area contributed by atoms with E-state index in [1.165, 1.54) is 0 Å². The van der Waals surface area contributed by atoms with Crippen LogP contribution in [0, 0.1) is 11.3 Å². The number of hydrogen-bond donors (Lipinski definition) is 0. The molecule has 0 saturated heterocycles. The predicted molar refractivity (Wildman–Crippen MR) is 94.9 cm³/mol. The third-order valence-electron chi connectivity index (χ3n) is 4.53. The summed E-state index contributed by atoms with van der Waals surface area (Å²) >= 11 is 0. The van der Waals surface area contributed by atoms with Crippen LogP contribution < -0.4 is 4.74 Å². The predicted octanol–water partition coefficient (Wildman–Crippen LogP) is 3.96. The van der Waals surface area contributed by atoms with Crippen molar-refractivity contribution < 1.29 is 13.9 Å². The zero-order valence-corrected chi connectivity index (χ0v) is 14.1. The molecule has 3 aromatic rings. The second-order valence-corrected chi connectivity index (χ2v) is 6.12.